The van der Waals surface area contributed by atoms with E-state index in [1.807, 2.05) is 0 Å². The van der Waals surface area contributed by atoms with Crippen LogP contribution in [0.15, 0.2) is 35.5 Å². The molecule has 1 aromatic heterocycles. The van der Waals surface area contributed by atoms with Gasteiger partial charge in [0.25, 0.3) is 12.0 Å². The number of rotatable bonds is 6. The normalized spacial score (nSPS) is 10.3. The number of benzene rings is 1. The summed E-state index contributed by atoms with van der Waals surface area (Å²) in [4.78, 5) is 38.0. The third-order valence-corrected chi connectivity index (χ3v) is 3.71. The van der Waals surface area contributed by atoms with Crippen molar-refractivity contribution < 1.29 is 14.3 Å². The molecule has 114 valence electrons. The largest absolute Gasteiger partial charge is 0.459 e. The number of aromatic nitrogens is 2. The molecule has 0 bridgehead atoms. The summed E-state index contributed by atoms with van der Waals surface area (Å²) in [7, 11) is 0. The molecule has 0 aliphatic rings. The Morgan fingerprint density at radius 2 is 2.14 bits per heavy atom. The molecule has 0 saturated heterocycles. The fourth-order valence-corrected chi connectivity index (χ4v) is 2.18. The van der Waals surface area contributed by atoms with Gasteiger partial charge in [-0.1, -0.05) is 35.3 Å². The van der Waals surface area contributed by atoms with Crippen molar-refractivity contribution in [2.75, 3.05) is 6.61 Å². The average molecular weight is 341 g/mol. The van der Waals surface area contributed by atoms with Crippen molar-refractivity contribution in [3.05, 3.63) is 62.2 Å². The number of hydrogen-bond acceptors (Lipinski definition) is 5. The third-order valence-electron chi connectivity index (χ3n) is 2.86. The van der Waals surface area contributed by atoms with Gasteiger partial charge in [-0.15, -0.1) is 0 Å². The molecule has 0 atom stereocenters. The van der Waals surface area contributed by atoms with Crippen LogP contribution >= 0.6 is 23.2 Å². The van der Waals surface area contributed by atoms with E-state index < -0.39 is 17.9 Å². The lowest BCUT2D eigenvalue weighted by Gasteiger charge is -2.09. The lowest BCUT2D eigenvalue weighted by Crippen LogP contribution is -2.28. The molecule has 2 rings (SSSR count). The molecular weight excluding hydrogens is 331 g/mol. The van der Waals surface area contributed by atoms with E-state index in [1.165, 1.54) is 10.9 Å². The van der Waals surface area contributed by atoms with Crippen molar-refractivity contribution in [2.24, 2.45) is 0 Å². The summed E-state index contributed by atoms with van der Waals surface area (Å²) in [6, 6.07) is 5.05. The zero-order valence-electron chi connectivity index (χ0n) is 11.2. The van der Waals surface area contributed by atoms with E-state index in [2.05, 4.69) is 9.72 Å². The number of carbonyl (C=O) groups excluding carboxylic acids is 2. The highest BCUT2D eigenvalue weighted by atomic mass is 35.5. The van der Waals surface area contributed by atoms with E-state index in [4.69, 9.17) is 23.2 Å². The molecule has 8 heteroatoms. The fourth-order valence-electron chi connectivity index (χ4n) is 1.80. The quantitative estimate of drug-likeness (QED) is 0.593. The number of halogens is 2. The molecule has 0 aliphatic heterocycles. The van der Waals surface area contributed by atoms with Crippen LogP contribution in [0.3, 0.4) is 0 Å². The lowest BCUT2D eigenvalue weighted by atomic mass is 10.2. The Kier molecular flexibility index (Phi) is 5.30. The first kappa shape index (κ1) is 16.2. The minimum atomic E-state index is -0.629. The Morgan fingerprint density at radius 1 is 1.36 bits per heavy atom. The van der Waals surface area contributed by atoms with Gasteiger partial charge in [-0.3, -0.25) is 19.0 Å². The highest BCUT2D eigenvalue weighted by Crippen LogP contribution is 2.25. The molecule has 1 aromatic carbocycles. The van der Waals surface area contributed by atoms with Crippen molar-refractivity contribution in [2.45, 2.75) is 6.54 Å². The van der Waals surface area contributed by atoms with E-state index in [0.29, 0.717) is 15.6 Å². The molecule has 0 N–H and O–H groups in total. The monoisotopic (exact) mass is 340 g/mol. The van der Waals surface area contributed by atoms with Gasteiger partial charge in [-0.2, -0.15) is 0 Å². The molecule has 1 heterocycles. The maximum atomic E-state index is 12.3. The number of Topliss-reactive ketones (excluding diaryl/α,β-unsaturated/α-hetero) is 1. The molecule has 0 radical (unpaired) electrons. The van der Waals surface area contributed by atoms with Gasteiger partial charge in [0.05, 0.1) is 22.9 Å². The first-order chi connectivity index (χ1) is 10.5. The fraction of sp³-hybridized carbons (Fsp3) is 0.143. The van der Waals surface area contributed by atoms with Crippen LogP contribution in [-0.4, -0.2) is 28.4 Å². The van der Waals surface area contributed by atoms with Gasteiger partial charge in [0, 0.05) is 6.20 Å². The Bertz CT molecular complexity index is 774. The molecular formula is C14H10Cl2N2O4. The van der Waals surface area contributed by atoms with Crippen molar-refractivity contribution in [3.8, 4) is 0 Å². The molecule has 6 nitrogen and oxygen atoms in total. The van der Waals surface area contributed by atoms with E-state index in [0.717, 1.165) is 6.20 Å². The van der Waals surface area contributed by atoms with Gasteiger partial charge in [0.1, 0.15) is 5.56 Å². The summed E-state index contributed by atoms with van der Waals surface area (Å²) >= 11 is 12.0. The van der Waals surface area contributed by atoms with Crippen LogP contribution in [0.5, 0.6) is 0 Å². The second-order valence-corrected chi connectivity index (χ2v) is 5.07. The first-order valence-electron chi connectivity index (χ1n) is 6.10. The summed E-state index contributed by atoms with van der Waals surface area (Å²) in [6.07, 6.45) is 2.42. The third kappa shape index (κ3) is 3.52. The summed E-state index contributed by atoms with van der Waals surface area (Å²) in [5, 5.41) is 0.698. The maximum absolute atomic E-state index is 12.3. The topological polar surface area (TPSA) is 78.3 Å². The molecule has 0 unspecified atom stereocenters. The van der Waals surface area contributed by atoms with E-state index in [-0.39, 0.29) is 18.6 Å². The predicted molar refractivity (Wildman–Crippen MR) is 80.4 cm³/mol. The molecule has 0 saturated carbocycles. The van der Waals surface area contributed by atoms with Gasteiger partial charge in [0.15, 0.2) is 6.61 Å². The van der Waals surface area contributed by atoms with Gasteiger partial charge < -0.3 is 4.74 Å². The van der Waals surface area contributed by atoms with Crippen molar-refractivity contribution in [1.82, 2.24) is 9.55 Å². The van der Waals surface area contributed by atoms with Crippen molar-refractivity contribution in [3.63, 3.8) is 0 Å². The van der Waals surface area contributed by atoms with Crippen molar-refractivity contribution >= 4 is 35.5 Å². The number of nitrogens with zero attached hydrogens (tertiary/aromatic N) is 2. The number of ether oxygens (including phenoxy) is 1. The summed E-state index contributed by atoms with van der Waals surface area (Å²) in [5.74, 6) is -0.629. The average Bonchev–Trinajstić information content (AvgIpc) is 2.51. The van der Waals surface area contributed by atoms with Crippen LogP contribution in [0.2, 0.25) is 10.0 Å². The minimum absolute atomic E-state index is 0.112. The van der Waals surface area contributed by atoms with Gasteiger partial charge >= 0.3 is 0 Å². The summed E-state index contributed by atoms with van der Waals surface area (Å²) < 4.78 is 5.58. The van der Waals surface area contributed by atoms with Gasteiger partial charge in [-0.25, -0.2) is 4.98 Å². The second-order valence-electron chi connectivity index (χ2n) is 4.28. The Labute approximate surface area is 135 Å². The van der Waals surface area contributed by atoms with Crippen LogP contribution in [0, 0.1) is 0 Å². The minimum Gasteiger partial charge on any atom is -0.459 e. The standard InChI is InChI=1S/C14H10Cl2N2O4/c15-11-3-1-2-9(13(11)16)5-18-7-17-4-10(14(18)21)12(20)6-22-8-19/h1-4,7-8H,5-6H2. The van der Waals surface area contributed by atoms with Crippen LogP contribution in [-0.2, 0) is 16.1 Å². The molecule has 0 fully saturated rings. The van der Waals surface area contributed by atoms with Crippen LogP contribution in [0.1, 0.15) is 15.9 Å². The van der Waals surface area contributed by atoms with Crippen LogP contribution < -0.4 is 5.56 Å². The van der Waals surface area contributed by atoms with Crippen molar-refractivity contribution in [1.29, 1.82) is 0 Å². The Morgan fingerprint density at radius 3 is 2.86 bits per heavy atom. The Hall–Kier alpha value is -2.18. The first-order valence-corrected chi connectivity index (χ1v) is 6.86. The van der Waals surface area contributed by atoms with Crippen LogP contribution in [0.25, 0.3) is 0 Å². The lowest BCUT2D eigenvalue weighted by molar-refractivity contribution is -0.127. The molecule has 0 spiro atoms. The smallest absolute Gasteiger partial charge is 0.293 e. The molecule has 22 heavy (non-hydrogen) atoms. The highest BCUT2D eigenvalue weighted by Gasteiger charge is 2.14. The van der Waals surface area contributed by atoms with Gasteiger partial charge in [0.2, 0.25) is 5.78 Å². The van der Waals surface area contributed by atoms with E-state index >= 15 is 0 Å². The molecule has 0 aliphatic carbocycles. The molecule has 0 amide bonds. The second kappa shape index (κ2) is 7.20. The number of hydrogen-bond donors (Lipinski definition) is 0. The number of ketones is 1. The zero-order valence-corrected chi connectivity index (χ0v) is 12.7. The SMILES string of the molecule is O=COCC(=O)c1cncn(Cc2cccc(Cl)c2Cl)c1=O. The maximum Gasteiger partial charge on any atom is 0.293 e. The van der Waals surface area contributed by atoms with E-state index in [9.17, 15) is 14.4 Å². The molecule has 2 aromatic rings. The summed E-state index contributed by atoms with van der Waals surface area (Å²) in [5.41, 5.74) is -0.0974. The number of carbonyl (C=O) groups is 2. The van der Waals surface area contributed by atoms with Gasteiger partial charge in [-0.05, 0) is 11.6 Å². The summed E-state index contributed by atoms with van der Waals surface area (Å²) in [6.45, 7) is -0.262. The zero-order chi connectivity index (χ0) is 16.1. The van der Waals surface area contributed by atoms with E-state index in [1.54, 1.807) is 18.2 Å². The highest BCUT2D eigenvalue weighted by molar-refractivity contribution is 6.42. The van der Waals surface area contributed by atoms with Crippen LogP contribution in [0.4, 0.5) is 0 Å². The Balaban J connectivity index is 2.33. The predicted octanol–water partition coefficient (Wildman–Crippen LogP) is 1.95.